The largest absolute Gasteiger partial charge is 0.347 e. The van der Waals surface area contributed by atoms with Gasteiger partial charge in [-0.15, -0.1) is 0 Å². The molecule has 1 aliphatic heterocycles. The number of amides is 1. The van der Waals surface area contributed by atoms with Crippen molar-refractivity contribution in [1.29, 1.82) is 0 Å². The molecule has 4 rings (SSSR count). The Morgan fingerprint density at radius 3 is 2.68 bits per heavy atom. The summed E-state index contributed by atoms with van der Waals surface area (Å²) < 4.78 is 19.3. The van der Waals surface area contributed by atoms with Crippen LogP contribution in [0.3, 0.4) is 0 Å². The molecule has 8 heteroatoms. The first-order chi connectivity index (χ1) is 15.0. The highest BCUT2D eigenvalue weighted by Crippen LogP contribution is 2.22. The fraction of sp³-hybridized carbons (Fsp3) is 0.348. The van der Waals surface area contributed by atoms with E-state index < -0.39 is 0 Å². The molecule has 1 amide bonds. The molecule has 0 aliphatic carbocycles. The SMILES string of the molecule is Cc1ccc(-c2noc(CNC(=O)C3CCN(Cc4ccc(Cl)cc4F)CC3)n2)cc1. The molecule has 0 radical (unpaired) electrons. The van der Waals surface area contributed by atoms with E-state index >= 15 is 0 Å². The summed E-state index contributed by atoms with van der Waals surface area (Å²) >= 11 is 5.81. The minimum absolute atomic E-state index is 0.0209. The number of hydrogen-bond acceptors (Lipinski definition) is 5. The number of aryl methyl sites for hydroxylation is 1. The molecule has 1 saturated heterocycles. The number of nitrogens with zero attached hydrogens (tertiary/aromatic N) is 3. The van der Waals surface area contributed by atoms with E-state index in [4.69, 9.17) is 16.1 Å². The zero-order valence-electron chi connectivity index (χ0n) is 17.3. The molecule has 1 N–H and O–H groups in total. The summed E-state index contributed by atoms with van der Waals surface area (Å²) in [5.41, 5.74) is 2.65. The molecule has 0 spiro atoms. The maximum absolute atomic E-state index is 14.0. The van der Waals surface area contributed by atoms with Crippen molar-refractivity contribution in [3.05, 3.63) is 70.3 Å². The minimum Gasteiger partial charge on any atom is -0.347 e. The van der Waals surface area contributed by atoms with E-state index in [1.165, 1.54) is 6.07 Å². The van der Waals surface area contributed by atoms with Crippen LogP contribution in [0.2, 0.25) is 5.02 Å². The van der Waals surface area contributed by atoms with E-state index in [1.807, 2.05) is 31.2 Å². The fourth-order valence-corrected chi connectivity index (χ4v) is 3.86. The molecular formula is C23H24ClFN4O2. The Morgan fingerprint density at radius 2 is 1.97 bits per heavy atom. The van der Waals surface area contributed by atoms with Crippen LogP contribution in [-0.2, 0) is 17.9 Å². The van der Waals surface area contributed by atoms with Gasteiger partial charge in [0.15, 0.2) is 0 Å². The molecule has 0 saturated carbocycles. The van der Waals surface area contributed by atoms with Gasteiger partial charge in [0.2, 0.25) is 17.6 Å². The maximum Gasteiger partial charge on any atom is 0.246 e. The van der Waals surface area contributed by atoms with E-state index in [1.54, 1.807) is 12.1 Å². The number of carbonyl (C=O) groups is 1. The topological polar surface area (TPSA) is 71.3 Å². The summed E-state index contributed by atoms with van der Waals surface area (Å²) in [4.78, 5) is 19.1. The van der Waals surface area contributed by atoms with Crippen LogP contribution in [0, 0.1) is 18.7 Å². The predicted octanol–water partition coefficient (Wildman–Crippen LogP) is 4.37. The van der Waals surface area contributed by atoms with Crippen molar-refractivity contribution in [3.63, 3.8) is 0 Å². The van der Waals surface area contributed by atoms with Crippen molar-refractivity contribution < 1.29 is 13.7 Å². The maximum atomic E-state index is 14.0. The lowest BCUT2D eigenvalue weighted by Crippen LogP contribution is -2.40. The van der Waals surface area contributed by atoms with Crippen LogP contribution < -0.4 is 5.32 Å². The number of aromatic nitrogens is 2. The highest BCUT2D eigenvalue weighted by Gasteiger charge is 2.25. The van der Waals surface area contributed by atoms with E-state index in [0.29, 0.717) is 28.8 Å². The second-order valence-corrected chi connectivity index (χ2v) is 8.32. The highest BCUT2D eigenvalue weighted by molar-refractivity contribution is 6.30. The lowest BCUT2D eigenvalue weighted by atomic mass is 9.95. The molecule has 0 unspecified atom stereocenters. The van der Waals surface area contributed by atoms with Gasteiger partial charge in [0.25, 0.3) is 0 Å². The summed E-state index contributed by atoms with van der Waals surface area (Å²) in [6, 6.07) is 12.6. The van der Waals surface area contributed by atoms with Gasteiger partial charge in [-0.25, -0.2) is 4.39 Å². The number of halogens is 2. The molecule has 1 aromatic heterocycles. The van der Waals surface area contributed by atoms with Gasteiger partial charge >= 0.3 is 0 Å². The van der Waals surface area contributed by atoms with Crippen molar-refractivity contribution in [3.8, 4) is 11.4 Å². The van der Waals surface area contributed by atoms with Gasteiger partial charge in [-0.05, 0) is 45.0 Å². The summed E-state index contributed by atoms with van der Waals surface area (Å²) in [5.74, 6) is 0.488. The predicted molar refractivity (Wildman–Crippen MR) is 116 cm³/mol. The highest BCUT2D eigenvalue weighted by atomic mass is 35.5. The number of carbonyl (C=O) groups excluding carboxylic acids is 1. The van der Waals surface area contributed by atoms with Gasteiger partial charge in [0.05, 0.1) is 6.54 Å². The van der Waals surface area contributed by atoms with Crippen LogP contribution in [0.15, 0.2) is 47.0 Å². The number of benzene rings is 2. The first kappa shape index (κ1) is 21.5. The minimum atomic E-state index is -0.295. The third kappa shape index (κ3) is 5.48. The molecule has 0 bridgehead atoms. The van der Waals surface area contributed by atoms with Gasteiger partial charge in [-0.1, -0.05) is 52.7 Å². The molecule has 31 heavy (non-hydrogen) atoms. The summed E-state index contributed by atoms with van der Waals surface area (Å²) in [6.07, 6.45) is 1.44. The van der Waals surface area contributed by atoms with Gasteiger partial charge in [0.1, 0.15) is 5.82 Å². The number of likely N-dealkylation sites (tertiary alicyclic amines) is 1. The lowest BCUT2D eigenvalue weighted by Gasteiger charge is -2.31. The van der Waals surface area contributed by atoms with Crippen molar-refractivity contribution >= 4 is 17.5 Å². The number of piperidine rings is 1. The van der Waals surface area contributed by atoms with E-state index in [9.17, 15) is 9.18 Å². The molecule has 1 aliphatic rings. The molecule has 1 fully saturated rings. The Morgan fingerprint density at radius 1 is 1.23 bits per heavy atom. The Balaban J connectivity index is 1.24. The monoisotopic (exact) mass is 442 g/mol. The van der Waals surface area contributed by atoms with Crippen molar-refractivity contribution in [1.82, 2.24) is 20.4 Å². The first-order valence-electron chi connectivity index (χ1n) is 10.3. The van der Waals surface area contributed by atoms with Crippen LogP contribution in [-0.4, -0.2) is 34.0 Å². The zero-order valence-corrected chi connectivity index (χ0v) is 18.0. The fourth-order valence-electron chi connectivity index (χ4n) is 3.70. The average Bonchev–Trinajstić information content (AvgIpc) is 3.24. The van der Waals surface area contributed by atoms with Crippen molar-refractivity contribution in [2.45, 2.75) is 32.9 Å². The smallest absolute Gasteiger partial charge is 0.246 e. The summed E-state index contributed by atoms with van der Waals surface area (Å²) in [7, 11) is 0. The third-order valence-electron chi connectivity index (χ3n) is 5.56. The normalized spacial score (nSPS) is 15.2. The Bertz CT molecular complexity index is 1050. The number of rotatable bonds is 6. The van der Waals surface area contributed by atoms with E-state index in [2.05, 4.69) is 20.4 Å². The summed E-state index contributed by atoms with van der Waals surface area (Å²) in [5, 5.41) is 7.27. The Hall–Kier alpha value is -2.77. The third-order valence-corrected chi connectivity index (χ3v) is 5.79. The van der Waals surface area contributed by atoms with Crippen LogP contribution >= 0.6 is 11.6 Å². The quantitative estimate of drug-likeness (QED) is 0.614. The van der Waals surface area contributed by atoms with E-state index in [-0.39, 0.29) is 24.2 Å². The first-order valence-corrected chi connectivity index (χ1v) is 10.7. The molecule has 162 valence electrons. The number of hydrogen-bond donors (Lipinski definition) is 1. The molecule has 2 heterocycles. The second-order valence-electron chi connectivity index (χ2n) is 7.88. The molecule has 6 nitrogen and oxygen atoms in total. The molecule has 0 atom stereocenters. The Kier molecular flexibility index (Phi) is 6.63. The van der Waals surface area contributed by atoms with Gasteiger partial charge in [-0.3, -0.25) is 9.69 Å². The average molecular weight is 443 g/mol. The molecule has 2 aromatic carbocycles. The van der Waals surface area contributed by atoms with Crippen LogP contribution in [0.25, 0.3) is 11.4 Å². The standard InChI is InChI=1S/C23H24ClFN4O2/c1-15-2-4-16(5-3-15)22-27-21(31-28-22)13-26-23(30)17-8-10-29(11-9-17)14-18-6-7-19(24)12-20(18)25/h2-7,12,17H,8-11,13-14H2,1H3,(H,26,30). The Labute approximate surface area is 185 Å². The van der Waals surface area contributed by atoms with Crippen molar-refractivity contribution in [2.75, 3.05) is 13.1 Å². The molecular weight excluding hydrogens is 419 g/mol. The van der Waals surface area contributed by atoms with Crippen molar-refractivity contribution in [2.24, 2.45) is 5.92 Å². The van der Waals surface area contributed by atoms with Crippen LogP contribution in [0.4, 0.5) is 4.39 Å². The second kappa shape index (κ2) is 9.58. The van der Waals surface area contributed by atoms with Crippen LogP contribution in [0.1, 0.15) is 29.9 Å². The zero-order chi connectivity index (χ0) is 21.8. The van der Waals surface area contributed by atoms with Gasteiger partial charge in [-0.2, -0.15) is 4.98 Å². The van der Waals surface area contributed by atoms with Gasteiger partial charge < -0.3 is 9.84 Å². The van der Waals surface area contributed by atoms with Crippen LogP contribution in [0.5, 0.6) is 0 Å². The lowest BCUT2D eigenvalue weighted by molar-refractivity contribution is -0.126. The molecule has 3 aromatic rings. The summed E-state index contributed by atoms with van der Waals surface area (Å²) in [6.45, 7) is 4.20. The van der Waals surface area contributed by atoms with E-state index in [0.717, 1.165) is 37.1 Å². The number of nitrogens with one attached hydrogen (secondary N) is 1. The van der Waals surface area contributed by atoms with Gasteiger partial charge in [0, 0.05) is 28.6 Å².